The van der Waals surface area contributed by atoms with Crippen LogP contribution in [-0.2, 0) is 47.7 Å². The second-order valence-corrected chi connectivity index (χ2v) is 24.4. The summed E-state index contributed by atoms with van der Waals surface area (Å²) >= 11 is 0. The SMILES string of the molecule is CCCCOC(=O)CCCCC(O)CN(CCCSSCCN1CCN(CCOC(=O)CCCCN(CC(O)CCCCC(=O)OC(C)C)CC(O)CCCCC(=O)OC(C)C)CC1)CC(O)CCCCC(=O)OCCCC. The van der Waals surface area contributed by atoms with Crippen LogP contribution in [0.3, 0.4) is 0 Å². The molecule has 4 N–H and O–H groups in total. The van der Waals surface area contributed by atoms with Crippen LogP contribution in [0.15, 0.2) is 0 Å². The summed E-state index contributed by atoms with van der Waals surface area (Å²) in [6, 6.07) is 0. The highest BCUT2D eigenvalue weighted by atomic mass is 33.1. The molecule has 0 aromatic rings. The molecule has 1 fully saturated rings. The van der Waals surface area contributed by atoms with Crippen LogP contribution in [-0.4, -0.2) is 216 Å². The van der Waals surface area contributed by atoms with Crippen molar-refractivity contribution >= 4 is 51.4 Å². The molecule has 78 heavy (non-hydrogen) atoms. The Balaban J connectivity index is 2.41. The molecule has 1 aliphatic rings. The van der Waals surface area contributed by atoms with Crippen LogP contribution in [0.25, 0.3) is 0 Å². The van der Waals surface area contributed by atoms with Gasteiger partial charge in [-0.25, -0.2) is 0 Å². The summed E-state index contributed by atoms with van der Waals surface area (Å²) in [7, 11) is 3.73. The fourth-order valence-electron chi connectivity index (χ4n) is 8.95. The van der Waals surface area contributed by atoms with Gasteiger partial charge in [-0.2, -0.15) is 0 Å². The molecule has 20 heteroatoms. The molecule has 0 aliphatic carbocycles. The van der Waals surface area contributed by atoms with Gasteiger partial charge in [0.05, 0.1) is 49.8 Å². The fraction of sp³-hybridized carbons (Fsp3) is 0.914. The van der Waals surface area contributed by atoms with Crippen molar-refractivity contribution in [2.24, 2.45) is 0 Å². The van der Waals surface area contributed by atoms with Crippen molar-refractivity contribution in [2.45, 2.75) is 232 Å². The Labute approximate surface area is 479 Å². The molecule has 458 valence electrons. The predicted octanol–water partition coefficient (Wildman–Crippen LogP) is 7.97. The van der Waals surface area contributed by atoms with Crippen LogP contribution in [0.4, 0.5) is 0 Å². The van der Waals surface area contributed by atoms with Crippen molar-refractivity contribution in [3.8, 4) is 0 Å². The predicted molar refractivity (Wildman–Crippen MR) is 312 cm³/mol. The number of nitrogens with zero attached hydrogens (tertiary/aromatic N) is 4. The van der Waals surface area contributed by atoms with Crippen molar-refractivity contribution in [1.29, 1.82) is 0 Å². The molecule has 1 rings (SSSR count). The number of unbranched alkanes of at least 4 members (excludes halogenated alkanes) is 7. The van der Waals surface area contributed by atoms with E-state index in [0.717, 1.165) is 95.7 Å². The van der Waals surface area contributed by atoms with Gasteiger partial charge in [0.1, 0.15) is 6.61 Å². The van der Waals surface area contributed by atoms with Gasteiger partial charge < -0.3 is 44.1 Å². The number of esters is 5. The van der Waals surface area contributed by atoms with E-state index in [1.807, 2.05) is 54.2 Å². The maximum atomic E-state index is 12.7. The van der Waals surface area contributed by atoms with Crippen molar-refractivity contribution in [2.75, 3.05) is 110 Å². The van der Waals surface area contributed by atoms with Crippen molar-refractivity contribution < 1.29 is 68.1 Å². The monoisotopic (exact) mass is 1150 g/mol. The Bertz CT molecular complexity index is 1440. The van der Waals surface area contributed by atoms with Gasteiger partial charge >= 0.3 is 29.8 Å². The van der Waals surface area contributed by atoms with E-state index < -0.39 is 24.4 Å². The molecule has 0 aromatic heterocycles. The second-order valence-electron chi connectivity index (χ2n) is 21.7. The van der Waals surface area contributed by atoms with E-state index in [9.17, 15) is 44.4 Å². The average molecular weight is 1150 g/mol. The highest BCUT2D eigenvalue weighted by Crippen LogP contribution is 2.23. The minimum absolute atomic E-state index is 0.154. The molecule has 0 saturated carbocycles. The molecule has 1 heterocycles. The third-order valence-electron chi connectivity index (χ3n) is 13.3. The molecular weight excluding hydrogens is 1040 g/mol. The van der Waals surface area contributed by atoms with E-state index in [-0.39, 0.29) is 42.1 Å². The fourth-order valence-corrected chi connectivity index (χ4v) is 11.1. The van der Waals surface area contributed by atoms with Crippen molar-refractivity contribution in [3.05, 3.63) is 0 Å². The Morgan fingerprint density at radius 3 is 1.14 bits per heavy atom. The lowest BCUT2D eigenvalue weighted by atomic mass is 10.1. The number of ether oxygens (including phenoxy) is 5. The lowest BCUT2D eigenvalue weighted by molar-refractivity contribution is -0.148. The summed E-state index contributed by atoms with van der Waals surface area (Å²) in [5, 5.41) is 43.6. The van der Waals surface area contributed by atoms with Crippen LogP contribution in [0.5, 0.6) is 0 Å². The van der Waals surface area contributed by atoms with Gasteiger partial charge in [-0.3, -0.25) is 43.6 Å². The minimum atomic E-state index is -0.624. The maximum Gasteiger partial charge on any atom is 0.306 e. The first-order chi connectivity index (χ1) is 37.5. The van der Waals surface area contributed by atoms with Crippen LogP contribution in [0.2, 0.25) is 0 Å². The van der Waals surface area contributed by atoms with Crippen molar-refractivity contribution in [3.63, 3.8) is 0 Å². The third kappa shape index (κ3) is 45.4. The van der Waals surface area contributed by atoms with E-state index >= 15 is 0 Å². The third-order valence-corrected chi connectivity index (χ3v) is 15.8. The first-order valence-corrected chi connectivity index (χ1v) is 32.7. The number of piperazine rings is 1. The number of carbonyl (C=O) groups is 5. The van der Waals surface area contributed by atoms with E-state index in [1.54, 1.807) is 0 Å². The summed E-state index contributed by atoms with van der Waals surface area (Å²) in [5.41, 5.74) is 0. The smallest absolute Gasteiger partial charge is 0.306 e. The second kappa shape index (κ2) is 49.3. The lowest BCUT2D eigenvalue weighted by Gasteiger charge is -2.34. The van der Waals surface area contributed by atoms with Gasteiger partial charge in [-0.15, -0.1) is 0 Å². The topological polar surface area (TPSA) is 225 Å². The molecule has 0 radical (unpaired) electrons. The molecular formula is C58H110N4O14S2. The van der Waals surface area contributed by atoms with Crippen LogP contribution >= 0.6 is 21.6 Å². The standard InChI is InChI=1S/C58H110N4O14S2/c1-7-9-39-72-54(67)26-15-11-22-52(65)46-62(47-53(66)23-12-16-27-55(68)73-40-10-8-2)32-21-42-77-78-43-38-60-35-33-59(34-36-60)37-41-74-56(69)28-19-20-31-61(44-50(63)24-13-17-29-57(70)75-48(3)4)45-51(64)25-14-18-30-58(71)76-49(5)6/h48-53,63-66H,7-47H2,1-6H3. The summed E-state index contributed by atoms with van der Waals surface area (Å²) in [4.78, 5) is 69.5. The quantitative estimate of drug-likeness (QED) is 0.0196. The molecule has 4 atom stereocenters. The van der Waals surface area contributed by atoms with E-state index in [4.69, 9.17) is 23.7 Å². The Hall–Kier alpha value is -2.27. The molecule has 0 spiro atoms. The summed E-state index contributed by atoms with van der Waals surface area (Å²) in [5.74, 6) is 0.912. The number of aliphatic hydroxyl groups is 4. The first-order valence-electron chi connectivity index (χ1n) is 30.2. The zero-order valence-corrected chi connectivity index (χ0v) is 51.1. The number of aliphatic hydroxyl groups excluding tert-OH is 4. The normalized spacial score (nSPS) is 14.9. The molecule has 0 bridgehead atoms. The summed E-state index contributed by atoms with van der Waals surface area (Å²) in [6.07, 6.45) is 12.6. The molecule has 1 aliphatic heterocycles. The zero-order valence-electron chi connectivity index (χ0n) is 49.4. The number of hydrogen-bond acceptors (Lipinski definition) is 20. The van der Waals surface area contributed by atoms with Gasteiger partial charge in [0, 0.05) is 109 Å². The van der Waals surface area contributed by atoms with Crippen molar-refractivity contribution in [1.82, 2.24) is 19.6 Å². The highest BCUT2D eigenvalue weighted by molar-refractivity contribution is 8.76. The van der Waals surface area contributed by atoms with Crippen LogP contribution in [0.1, 0.15) is 196 Å². The highest BCUT2D eigenvalue weighted by Gasteiger charge is 2.21. The van der Waals surface area contributed by atoms with Gasteiger partial charge in [0.25, 0.3) is 0 Å². The molecule has 1 saturated heterocycles. The molecule has 4 unspecified atom stereocenters. The van der Waals surface area contributed by atoms with Gasteiger partial charge in [-0.05, 0) is 124 Å². The lowest BCUT2D eigenvalue weighted by Crippen LogP contribution is -2.47. The van der Waals surface area contributed by atoms with Gasteiger partial charge in [0.2, 0.25) is 0 Å². The summed E-state index contributed by atoms with van der Waals surface area (Å²) in [6.45, 7) is 21.2. The number of carbonyl (C=O) groups excluding carboxylic acids is 5. The zero-order chi connectivity index (χ0) is 57.6. The number of hydrogen-bond donors (Lipinski definition) is 4. The molecule has 0 amide bonds. The molecule has 0 aromatic carbocycles. The van der Waals surface area contributed by atoms with Gasteiger partial charge in [0.15, 0.2) is 0 Å². The van der Waals surface area contributed by atoms with E-state index in [1.165, 1.54) is 0 Å². The average Bonchev–Trinajstić information content (AvgIpc) is 3.38. The largest absolute Gasteiger partial charge is 0.466 e. The minimum Gasteiger partial charge on any atom is -0.466 e. The number of rotatable bonds is 52. The first kappa shape index (κ1) is 73.7. The van der Waals surface area contributed by atoms with Gasteiger partial charge in [-0.1, -0.05) is 74.0 Å². The Morgan fingerprint density at radius 1 is 0.423 bits per heavy atom. The van der Waals surface area contributed by atoms with Crippen LogP contribution in [0, 0.1) is 0 Å². The summed E-state index contributed by atoms with van der Waals surface area (Å²) < 4.78 is 26.5. The van der Waals surface area contributed by atoms with E-state index in [0.29, 0.717) is 168 Å². The molecule has 18 nitrogen and oxygen atoms in total. The van der Waals surface area contributed by atoms with Crippen LogP contribution < -0.4 is 0 Å². The maximum absolute atomic E-state index is 12.7. The van der Waals surface area contributed by atoms with E-state index in [2.05, 4.69) is 28.5 Å². The Kier molecular flexibility index (Phi) is 46.7. The Morgan fingerprint density at radius 2 is 0.756 bits per heavy atom.